The number of esters is 1. The van der Waals surface area contributed by atoms with E-state index in [4.69, 9.17) is 4.74 Å². The van der Waals surface area contributed by atoms with Crippen LogP contribution in [0.1, 0.15) is 12.0 Å². The molecule has 3 aromatic rings. The Morgan fingerprint density at radius 1 is 1.11 bits per heavy atom. The fraction of sp³-hybridized carbons (Fsp3) is 0.304. The number of likely N-dealkylation sites (N-methyl/N-ethyl adjacent to an activating group) is 1. The Bertz CT molecular complexity index is 1460. The van der Waals surface area contributed by atoms with Crippen molar-refractivity contribution in [1.29, 1.82) is 0 Å². The Morgan fingerprint density at radius 2 is 1.74 bits per heavy atom. The topological polar surface area (TPSA) is 120 Å². The minimum Gasteiger partial charge on any atom is -0.469 e. The number of fused-ring (bicyclic) bond motifs is 1. The first-order valence-electron chi connectivity index (χ1n) is 10.4. The molecule has 0 unspecified atom stereocenters. The zero-order valence-electron chi connectivity index (χ0n) is 19.3. The van der Waals surface area contributed by atoms with E-state index in [2.05, 4.69) is 0 Å². The maximum Gasteiger partial charge on any atom is 0.310 e. The van der Waals surface area contributed by atoms with Crippen LogP contribution in [0, 0.1) is 5.82 Å². The second kappa shape index (κ2) is 10.3. The first kappa shape index (κ1) is 26.5. The molecule has 35 heavy (non-hydrogen) atoms. The number of rotatable bonds is 10. The maximum atomic E-state index is 13.3. The van der Waals surface area contributed by atoms with Gasteiger partial charge >= 0.3 is 5.97 Å². The van der Waals surface area contributed by atoms with Crippen LogP contribution in [0.25, 0.3) is 10.9 Å². The summed E-state index contributed by atoms with van der Waals surface area (Å²) in [6, 6.07) is 7.98. The Morgan fingerprint density at radius 3 is 2.31 bits per heavy atom. The van der Waals surface area contributed by atoms with Crippen molar-refractivity contribution in [2.45, 2.75) is 35.2 Å². The maximum absolute atomic E-state index is 13.3. The molecule has 0 aliphatic rings. The fourth-order valence-corrected chi connectivity index (χ4v) is 5.75. The van der Waals surface area contributed by atoms with Crippen LogP contribution in [0.2, 0.25) is 0 Å². The van der Waals surface area contributed by atoms with Crippen molar-refractivity contribution in [3.05, 3.63) is 60.0 Å². The molecule has 1 atom stereocenters. The van der Waals surface area contributed by atoms with Gasteiger partial charge in [0.25, 0.3) is 0 Å². The lowest BCUT2D eigenvalue weighted by atomic mass is 10.1. The molecule has 0 aliphatic carbocycles. The SMILES string of the molecule is COC(=O)Cc1cn(C[C@@H](CC=O)N(C)S(=O)(=O)c2ccc(F)cc2)c2ccc(S(C)(=O)=O)cc12. The van der Waals surface area contributed by atoms with Crippen molar-refractivity contribution in [3.63, 3.8) is 0 Å². The van der Waals surface area contributed by atoms with Gasteiger partial charge in [-0.3, -0.25) is 4.79 Å². The average Bonchev–Trinajstić information content (AvgIpc) is 3.14. The number of sulfone groups is 1. The van der Waals surface area contributed by atoms with Crippen LogP contribution in [-0.2, 0) is 47.2 Å². The van der Waals surface area contributed by atoms with Crippen LogP contribution >= 0.6 is 0 Å². The van der Waals surface area contributed by atoms with Crippen LogP contribution in [0.3, 0.4) is 0 Å². The third-order valence-corrected chi connectivity index (χ3v) is 8.74. The minimum absolute atomic E-state index is 0.0333. The van der Waals surface area contributed by atoms with Gasteiger partial charge in [0.15, 0.2) is 9.84 Å². The number of carbonyl (C=O) groups is 2. The molecule has 0 radical (unpaired) electrons. The number of ether oxygens (including phenoxy) is 1. The Kier molecular flexibility index (Phi) is 7.77. The van der Waals surface area contributed by atoms with Crippen molar-refractivity contribution in [2.75, 3.05) is 20.4 Å². The third-order valence-electron chi connectivity index (χ3n) is 5.71. The molecule has 0 fully saturated rings. The van der Waals surface area contributed by atoms with E-state index in [0.717, 1.165) is 34.8 Å². The van der Waals surface area contributed by atoms with Gasteiger partial charge in [0.2, 0.25) is 10.0 Å². The van der Waals surface area contributed by atoms with Gasteiger partial charge in [0.1, 0.15) is 12.1 Å². The highest BCUT2D eigenvalue weighted by Gasteiger charge is 2.29. The van der Waals surface area contributed by atoms with Gasteiger partial charge in [-0.15, -0.1) is 0 Å². The summed E-state index contributed by atoms with van der Waals surface area (Å²) in [4.78, 5) is 23.3. The van der Waals surface area contributed by atoms with Crippen LogP contribution in [0.5, 0.6) is 0 Å². The molecule has 0 N–H and O–H groups in total. The largest absolute Gasteiger partial charge is 0.469 e. The van der Waals surface area contributed by atoms with Crippen molar-refractivity contribution in [2.24, 2.45) is 0 Å². The van der Waals surface area contributed by atoms with E-state index in [0.29, 0.717) is 22.8 Å². The molecule has 0 saturated carbocycles. The fourth-order valence-electron chi connectivity index (χ4n) is 3.75. The van der Waals surface area contributed by atoms with Gasteiger partial charge in [0, 0.05) is 49.4 Å². The number of methoxy groups -OCH3 is 1. The lowest BCUT2D eigenvalue weighted by Crippen LogP contribution is -2.40. The third kappa shape index (κ3) is 5.77. The molecule has 0 aliphatic heterocycles. The summed E-state index contributed by atoms with van der Waals surface area (Å²) < 4.78 is 71.1. The smallest absolute Gasteiger partial charge is 0.310 e. The molecule has 0 amide bonds. The van der Waals surface area contributed by atoms with Crippen LogP contribution < -0.4 is 0 Å². The normalized spacial score (nSPS) is 13.2. The molecule has 0 bridgehead atoms. The number of benzene rings is 2. The highest BCUT2D eigenvalue weighted by molar-refractivity contribution is 7.90. The summed E-state index contributed by atoms with van der Waals surface area (Å²) in [6.45, 7) is 0.0333. The molecular formula is C23H25FN2O7S2. The number of carbonyl (C=O) groups excluding carboxylic acids is 2. The lowest BCUT2D eigenvalue weighted by Gasteiger charge is -2.27. The van der Waals surface area contributed by atoms with Crippen LogP contribution in [0.15, 0.2) is 58.5 Å². The van der Waals surface area contributed by atoms with Gasteiger partial charge in [0.05, 0.1) is 23.3 Å². The molecule has 0 spiro atoms. The summed E-state index contributed by atoms with van der Waals surface area (Å²) in [5.41, 5.74) is 1.05. The van der Waals surface area contributed by atoms with E-state index >= 15 is 0 Å². The molecule has 1 heterocycles. The standard InChI is InChI=1S/C23H25FN2O7S2/c1-25(35(31,32)19-6-4-17(24)5-7-19)18(10-11-27)15-26-14-16(12-23(28)33-2)21-13-20(34(3,29)30)8-9-22(21)26/h4-9,11,13-14,18H,10,12,15H2,1-3H3/t18-/m1/s1. The number of halogens is 1. The minimum atomic E-state index is -4.05. The zero-order chi connectivity index (χ0) is 26.0. The van der Waals surface area contributed by atoms with Crippen LogP contribution in [0.4, 0.5) is 4.39 Å². The van der Waals surface area contributed by atoms with E-state index in [-0.39, 0.29) is 29.2 Å². The Balaban J connectivity index is 2.06. The second-order valence-corrected chi connectivity index (χ2v) is 12.1. The summed E-state index contributed by atoms with van der Waals surface area (Å²) in [6.07, 6.45) is 3.02. The van der Waals surface area contributed by atoms with E-state index in [1.165, 1.54) is 26.3 Å². The zero-order valence-corrected chi connectivity index (χ0v) is 21.0. The highest BCUT2D eigenvalue weighted by atomic mass is 32.2. The van der Waals surface area contributed by atoms with Crippen molar-refractivity contribution in [1.82, 2.24) is 8.87 Å². The predicted molar refractivity (Wildman–Crippen MR) is 127 cm³/mol. The molecule has 0 saturated heterocycles. The highest BCUT2D eigenvalue weighted by Crippen LogP contribution is 2.27. The van der Waals surface area contributed by atoms with E-state index in [1.807, 2.05) is 0 Å². The first-order valence-corrected chi connectivity index (χ1v) is 13.8. The summed E-state index contributed by atoms with van der Waals surface area (Å²) in [7, 11) is -5.01. The molecule has 1 aromatic heterocycles. The predicted octanol–water partition coefficient (Wildman–Crippen LogP) is 2.18. The molecular weight excluding hydrogens is 499 g/mol. The summed E-state index contributed by atoms with van der Waals surface area (Å²) >= 11 is 0. The number of hydrogen-bond donors (Lipinski definition) is 0. The molecule has 3 rings (SSSR count). The summed E-state index contributed by atoms with van der Waals surface area (Å²) in [5.74, 6) is -1.12. The van der Waals surface area contributed by atoms with Crippen molar-refractivity contribution in [3.8, 4) is 0 Å². The van der Waals surface area contributed by atoms with Gasteiger partial charge in [-0.2, -0.15) is 4.31 Å². The van der Waals surface area contributed by atoms with Crippen molar-refractivity contribution < 1.29 is 35.6 Å². The number of hydrogen-bond acceptors (Lipinski definition) is 7. The molecule has 188 valence electrons. The van der Waals surface area contributed by atoms with Crippen molar-refractivity contribution >= 4 is 43.0 Å². The van der Waals surface area contributed by atoms with E-state index < -0.39 is 37.7 Å². The number of aldehydes is 1. The van der Waals surface area contributed by atoms with E-state index in [9.17, 15) is 30.8 Å². The van der Waals surface area contributed by atoms with Gasteiger partial charge in [-0.1, -0.05) is 0 Å². The average molecular weight is 525 g/mol. The van der Waals surface area contributed by atoms with Gasteiger partial charge < -0.3 is 14.1 Å². The van der Waals surface area contributed by atoms with E-state index in [1.54, 1.807) is 16.8 Å². The monoisotopic (exact) mass is 524 g/mol. The number of sulfonamides is 1. The Labute approximate surface area is 203 Å². The molecule has 9 nitrogen and oxygen atoms in total. The lowest BCUT2D eigenvalue weighted by molar-refractivity contribution is -0.139. The van der Waals surface area contributed by atoms with Gasteiger partial charge in [-0.25, -0.2) is 21.2 Å². The quantitative estimate of drug-likeness (QED) is 0.294. The van der Waals surface area contributed by atoms with Gasteiger partial charge in [-0.05, 0) is 48.0 Å². The molecule has 2 aromatic carbocycles. The first-order chi connectivity index (χ1) is 16.4. The van der Waals surface area contributed by atoms with Crippen LogP contribution in [-0.4, -0.2) is 64.4 Å². The second-order valence-electron chi connectivity index (χ2n) is 8.04. The number of nitrogens with zero attached hydrogens (tertiary/aromatic N) is 2. The Hall–Kier alpha value is -3.09. The summed E-state index contributed by atoms with van der Waals surface area (Å²) in [5, 5.41) is 0.493. The number of aromatic nitrogens is 1. The molecule has 12 heteroatoms.